The van der Waals surface area contributed by atoms with Gasteiger partial charge < -0.3 is 0 Å². The number of aryl methyl sites for hydroxylation is 1. The lowest BCUT2D eigenvalue weighted by Gasteiger charge is -2.01. The summed E-state index contributed by atoms with van der Waals surface area (Å²) in [7, 11) is 1.59. The molecule has 0 aromatic carbocycles. The zero-order valence-electron chi connectivity index (χ0n) is 9.69. The average molecular weight is 339 g/mol. The predicted octanol–water partition coefficient (Wildman–Crippen LogP) is 1.13. The molecule has 0 spiro atoms. The summed E-state index contributed by atoms with van der Waals surface area (Å²) in [5, 5.41) is 8.72. The molecular formula is C10H7BrN6OS. The number of halogens is 1. The summed E-state index contributed by atoms with van der Waals surface area (Å²) in [6, 6.07) is 1.77. The highest BCUT2D eigenvalue weighted by Crippen LogP contribution is 2.28. The zero-order chi connectivity index (χ0) is 13.4. The van der Waals surface area contributed by atoms with E-state index in [9.17, 15) is 4.79 Å². The van der Waals surface area contributed by atoms with Gasteiger partial charge in [0.15, 0.2) is 0 Å². The van der Waals surface area contributed by atoms with Crippen LogP contribution in [0.15, 0.2) is 44.0 Å². The number of hydrogen-bond donors (Lipinski definition) is 0. The maximum Gasteiger partial charge on any atom is 0.281 e. The van der Waals surface area contributed by atoms with Gasteiger partial charge in [-0.2, -0.15) is 10.1 Å². The quantitative estimate of drug-likeness (QED) is 0.697. The van der Waals surface area contributed by atoms with Gasteiger partial charge in [-0.15, -0.1) is 5.10 Å². The van der Waals surface area contributed by atoms with E-state index in [1.807, 2.05) is 0 Å². The highest BCUT2D eigenvalue weighted by atomic mass is 79.9. The number of aromatic nitrogens is 6. The molecule has 3 aromatic rings. The third kappa shape index (κ3) is 2.26. The number of fused-ring (bicyclic) bond motifs is 1. The van der Waals surface area contributed by atoms with Crippen LogP contribution < -0.4 is 5.56 Å². The molecule has 0 bridgehead atoms. The molecule has 0 N–H and O–H groups in total. The maximum absolute atomic E-state index is 11.7. The summed E-state index contributed by atoms with van der Waals surface area (Å²) in [5.74, 6) is 0.512. The summed E-state index contributed by atoms with van der Waals surface area (Å²) in [6.45, 7) is 0. The Bertz CT molecular complexity index is 780. The molecule has 0 radical (unpaired) electrons. The summed E-state index contributed by atoms with van der Waals surface area (Å²) in [6.07, 6.45) is 5.00. The van der Waals surface area contributed by atoms with Crippen LogP contribution in [0.3, 0.4) is 0 Å². The molecule has 0 aliphatic heterocycles. The molecule has 0 saturated carbocycles. The summed E-state index contributed by atoms with van der Waals surface area (Å²) < 4.78 is 3.28. The van der Waals surface area contributed by atoms with Crippen LogP contribution in [0.2, 0.25) is 0 Å². The average Bonchev–Trinajstić information content (AvgIpc) is 2.82. The van der Waals surface area contributed by atoms with E-state index in [1.54, 1.807) is 36.2 Å². The molecule has 19 heavy (non-hydrogen) atoms. The van der Waals surface area contributed by atoms with E-state index in [1.165, 1.54) is 16.4 Å². The van der Waals surface area contributed by atoms with Crippen molar-refractivity contribution in [1.29, 1.82) is 0 Å². The Balaban J connectivity index is 2.01. The first-order valence-corrected chi connectivity index (χ1v) is 6.83. The molecule has 0 saturated heterocycles. The van der Waals surface area contributed by atoms with Crippen molar-refractivity contribution in [3.05, 3.63) is 39.5 Å². The second-order valence-electron chi connectivity index (χ2n) is 3.61. The fourth-order valence-corrected chi connectivity index (χ4v) is 2.75. The molecule has 3 heterocycles. The van der Waals surface area contributed by atoms with Gasteiger partial charge in [0.25, 0.3) is 11.3 Å². The van der Waals surface area contributed by atoms with Crippen molar-refractivity contribution in [2.45, 2.75) is 10.1 Å². The highest BCUT2D eigenvalue weighted by Gasteiger charge is 2.12. The van der Waals surface area contributed by atoms with Gasteiger partial charge in [-0.1, -0.05) is 0 Å². The molecule has 0 unspecified atom stereocenters. The van der Waals surface area contributed by atoms with Gasteiger partial charge in [0.1, 0.15) is 0 Å². The van der Waals surface area contributed by atoms with Crippen LogP contribution in [0.1, 0.15) is 0 Å². The predicted molar refractivity (Wildman–Crippen MR) is 72.1 cm³/mol. The molecule has 3 rings (SSSR count). The van der Waals surface area contributed by atoms with Crippen molar-refractivity contribution in [2.24, 2.45) is 7.05 Å². The van der Waals surface area contributed by atoms with E-state index >= 15 is 0 Å². The molecule has 7 nitrogen and oxygen atoms in total. The first-order valence-electron chi connectivity index (χ1n) is 5.22. The van der Waals surface area contributed by atoms with E-state index in [4.69, 9.17) is 0 Å². The largest absolute Gasteiger partial charge is 0.281 e. The van der Waals surface area contributed by atoms with Crippen LogP contribution in [-0.4, -0.2) is 29.4 Å². The van der Waals surface area contributed by atoms with Crippen LogP contribution in [0.25, 0.3) is 5.78 Å². The van der Waals surface area contributed by atoms with E-state index in [-0.39, 0.29) is 5.56 Å². The van der Waals surface area contributed by atoms with Crippen molar-refractivity contribution in [3.63, 3.8) is 0 Å². The lowest BCUT2D eigenvalue weighted by molar-refractivity contribution is 0.690. The lowest BCUT2D eigenvalue weighted by atomic mass is 10.6. The van der Waals surface area contributed by atoms with Crippen molar-refractivity contribution in [3.8, 4) is 0 Å². The molecule has 0 amide bonds. The van der Waals surface area contributed by atoms with Gasteiger partial charge in [-0.3, -0.25) is 4.79 Å². The fourth-order valence-electron chi connectivity index (χ4n) is 1.42. The van der Waals surface area contributed by atoms with Gasteiger partial charge in [0.05, 0.1) is 15.6 Å². The van der Waals surface area contributed by atoms with E-state index < -0.39 is 0 Å². The van der Waals surface area contributed by atoms with Gasteiger partial charge >= 0.3 is 0 Å². The van der Waals surface area contributed by atoms with Crippen molar-refractivity contribution in [1.82, 2.24) is 29.4 Å². The SMILES string of the molecule is Cn1ncc(Sc2nc3ncccn3n2)c(Br)c1=O. The van der Waals surface area contributed by atoms with Crippen molar-refractivity contribution < 1.29 is 0 Å². The standard InChI is InChI=1S/C10H7BrN6OS/c1-16-8(18)7(11)6(5-13-16)19-10-14-9-12-3-2-4-17(9)15-10/h2-5H,1H3. The Kier molecular flexibility index (Phi) is 3.07. The molecule has 96 valence electrons. The first-order chi connectivity index (χ1) is 9.15. The smallest absolute Gasteiger partial charge is 0.266 e. The van der Waals surface area contributed by atoms with Gasteiger partial charge in [0.2, 0.25) is 5.16 Å². The van der Waals surface area contributed by atoms with Gasteiger partial charge in [-0.25, -0.2) is 14.2 Å². The van der Waals surface area contributed by atoms with Crippen LogP contribution in [0, 0.1) is 0 Å². The molecular weight excluding hydrogens is 332 g/mol. The molecule has 0 atom stereocenters. The van der Waals surface area contributed by atoms with Crippen LogP contribution >= 0.6 is 27.7 Å². The van der Waals surface area contributed by atoms with E-state index in [0.717, 1.165) is 0 Å². The topological polar surface area (TPSA) is 78.0 Å². The van der Waals surface area contributed by atoms with Crippen LogP contribution in [0.4, 0.5) is 0 Å². The molecule has 9 heteroatoms. The molecule has 0 fully saturated rings. The molecule has 0 aliphatic rings. The number of nitrogens with zero attached hydrogens (tertiary/aromatic N) is 6. The second kappa shape index (κ2) is 4.74. The van der Waals surface area contributed by atoms with Gasteiger partial charge in [-0.05, 0) is 33.8 Å². The summed E-state index contributed by atoms with van der Waals surface area (Å²) >= 11 is 4.52. The third-order valence-corrected chi connectivity index (χ3v) is 4.26. The van der Waals surface area contributed by atoms with Crippen LogP contribution in [-0.2, 0) is 7.05 Å². The molecule has 0 aliphatic carbocycles. The minimum absolute atomic E-state index is 0.202. The normalized spacial score (nSPS) is 11.1. The highest BCUT2D eigenvalue weighted by molar-refractivity contribution is 9.10. The number of hydrogen-bond acceptors (Lipinski definition) is 6. The Morgan fingerprint density at radius 1 is 1.42 bits per heavy atom. The molecule has 3 aromatic heterocycles. The van der Waals surface area contributed by atoms with E-state index in [2.05, 4.69) is 36.1 Å². The van der Waals surface area contributed by atoms with Gasteiger partial charge in [0, 0.05) is 19.4 Å². The first kappa shape index (κ1) is 12.3. The monoisotopic (exact) mass is 338 g/mol. The zero-order valence-corrected chi connectivity index (χ0v) is 12.1. The minimum Gasteiger partial charge on any atom is -0.266 e. The number of rotatable bonds is 2. The van der Waals surface area contributed by atoms with E-state index in [0.29, 0.717) is 20.3 Å². The Morgan fingerprint density at radius 2 is 2.26 bits per heavy atom. The lowest BCUT2D eigenvalue weighted by Crippen LogP contribution is -2.20. The third-order valence-electron chi connectivity index (χ3n) is 2.34. The Labute approximate surface area is 119 Å². The Morgan fingerprint density at radius 3 is 3.05 bits per heavy atom. The van der Waals surface area contributed by atoms with Crippen LogP contribution in [0.5, 0.6) is 0 Å². The maximum atomic E-state index is 11.7. The second-order valence-corrected chi connectivity index (χ2v) is 5.41. The van der Waals surface area contributed by atoms with Crippen molar-refractivity contribution >= 4 is 33.5 Å². The summed E-state index contributed by atoms with van der Waals surface area (Å²) in [4.78, 5) is 20.7. The Hall–Kier alpha value is -1.74. The summed E-state index contributed by atoms with van der Waals surface area (Å²) in [5.41, 5.74) is -0.202. The fraction of sp³-hybridized carbons (Fsp3) is 0.100. The van der Waals surface area contributed by atoms with Crippen molar-refractivity contribution in [2.75, 3.05) is 0 Å². The minimum atomic E-state index is -0.202.